The van der Waals surface area contributed by atoms with Gasteiger partial charge in [-0.1, -0.05) is 45.2 Å². The highest BCUT2D eigenvalue weighted by Crippen LogP contribution is 2.45. The number of rotatable bonds is 5. The molecule has 2 rings (SSSR count). The Morgan fingerprint density at radius 3 is 2.32 bits per heavy atom. The van der Waals surface area contributed by atoms with E-state index in [0.717, 1.165) is 12.3 Å². The van der Waals surface area contributed by atoms with Crippen LogP contribution in [-0.4, -0.2) is 13.7 Å². The van der Waals surface area contributed by atoms with Crippen LogP contribution in [0.5, 0.6) is 5.75 Å². The molecular weight excluding hydrogens is 234 g/mol. The van der Waals surface area contributed by atoms with Crippen molar-refractivity contribution < 1.29 is 4.74 Å². The van der Waals surface area contributed by atoms with Gasteiger partial charge in [-0.15, -0.1) is 0 Å². The average Bonchev–Trinajstić information content (AvgIpc) is 2.45. The number of ether oxygens (including phenoxy) is 1. The first-order chi connectivity index (χ1) is 9.19. The van der Waals surface area contributed by atoms with E-state index in [0.29, 0.717) is 11.5 Å². The molecule has 0 saturated heterocycles. The molecule has 0 amide bonds. The Labute approximate surface area is 117 Å². The lowest BCUT2D eigenvalue weighted by atomic mass is 9.68. The summed E-state index contributed by atoms with van der Waals surface area (Å²) in [5.41, 5.74) is 1.79. The summed E-state index contributed by atoms with van der Waals surface area (Å²) >= 11 is 0. The van der Waals surface area contributed by atoms with Crippen LogP contribution in [0.4, 0.5) is 0 Å². The van der Waals surface area contributed by atoms with Crippen LogP contribution in [0.25, 0.3) is 0 Å². The van der Waals surface area contributed by atoms with Gasteiger partial charge in [0.15, 0.2) is 0 Å². The van der Waals surface area contributed by atoms with Crippen LogP contribution in [0.3, 0.4) is 0 Å². The lowest BCUT2D eigenvalue weighted by Crippen LogP contribution is -2.37. The highest BCUT2D eigenvalue weighted by Gasteiger charge is 2.35. The summed E-state index contributed by atoms with van der Waals surface area (Å²) < 4.78 is 5.26. The zero-order chi connectivity index (χ0) is 13.7. The molecule has 0 aromatic heterocycles. The second-order valence-electron chi connectivity index (χ2n) is 5.98. The summed E-state index contributed by atoms with van der Waals surface area (Å²) in [6, 6.07) is 9.04. The number of nitrogens with one attached hydrogen (secondary N) is 1. The molecule has 0 spiro atoms. The standard InChI is InChI=1S/C17H27NO/c1-4-18-16(17(2)12-6-5-7-13-17)14-8-10-15(19-3)11-9-14/h8-11,16,18H,4-7,12-13H2,1-3H3. The predicted octanol–water partition coefficient (Wildman–Crippen LogP) is 4.32. The lowest BCUT2D eigenvalue weighted by molar-refractivity contribution is 0.146. The third kappa shape index (κ3) is 3.30. The van der Waals surface area contributed by atoms with Crippen LogP contribution in [-0.2, 0) is 0 Å². The van der Waals surface area contributed by atoms with Crippen molar-refractivity contribution in [2.75, 3.05) is 13.7 Å². The number of hydrogen-bond acceptors (Lipinski definition) is 2. The molecule has 0 aliphatic heterocycles. The number of hydrogen-bond donors (Lipinski definition) is 1. The van der Waals surface area contributed by atoms with Crippen LogP contribution < -0.4 is 10.1 Å². The largest absolute Gasteiger partial charge is 0.497 e. The Balaban J connectivity index is 2.22. The average molecular weight is 261 g/mol. The molecule has 1 aliphatic rings. The summed E-state index contributed by atoms with van der Waals surface area (Å²) in [6.45, 7) is 5.67. The topological polar surface area (TPSA) is 21.3 Å². The monoisotopic (exact) mass is 261 g/mol. The molecule has 1 unspecified atom stereocenters. The van der Waals surface area contributed by atoms with Gasteiger partial charge in [0.05, 0.1) is 7.11 Å². The van der Waals surface area contributed by atoms with E-state index in [-0.39, 0.29) is 0 Å². The van der Waals surface area contributed by atoms with Crippen LogP contribution >= 0.6 is 0 Å². The van der Waals surface area contributed by atoms with Gasteiger partial charge in [-0.2, -0.15) is 0 Å². The second kappa shape index (κ2) is 6.42. The van der Waals surface area contributed by atoms with E-state index in [1.165, 1.54) is 37.7 Å². The van der Waals surface area contributed by atoms with Gasteiger partial charge >= 0.3 is 0 Å². The molecule has 19 heavy (non-hydrogen) atoms. The van der Waals surface area contributed by atoms with Crippen LogP contribution in [0, 0.1) is 5.41 Å². The molecule has 0 bridgehead atoms. The quantitative estimate of drug-likeness (QED) is 0.852. The zero-order valence-corrected chi connectivity index (χ0v) is 12.5. The summed E-state index contributed by atoms with van der Waals surface area (Å²) in [5, 5.41) is 3.71. The van der Waals surface area contributed by atoms with Crippen LogP contribution in [0.2, 0.25) is 0 Å². The van der Waals surface area contributed by atoms with Crippen molar-refractivity contribution in [1.82, 2.24) is 5.32 Å². The second-order valence-corrected chi connectivity index (χ2v) is 5.98. The molecule has 1 aliphatic carbocycles. The Morgan fingerprint density at radius 2 is 1.79 bits per heavy atom. The Morgan fingerprint density at radius 1 is 1.16 bits per heavy atom. The highest BCUT2D eigenvalue weighted by atomic mass is 16.5. The summed E-state index contributed by atoms with van der Waals surface area (Å²) in [5.74, 6) is 0.938. The smallest absolute Gasteiger partial charge is 0.118 e. The van der Waals surface area contributed by atoms with E-state index >= 15 is 0 Å². The molecule has 0 heterocycles. The fraction of sp³-hybridized carbons (Fsp3) is 0.647. The molecule has 1 aromatic rings. The van der Waals surface area contributed by atoms with Gasteiger partial charge in [0.1, 0.15) is 5.75 Å². The van der Waals surface area contributed by atoms with E-state index in [2.05, 4.69) is 43.4 Å². The predicted molar refractivity (Wildman–Crippen MR) is 80.6 cm³/mol. The van der Waals surface area contributed by atoms with Crippen LogP contribution in [0.15, 0.2) is 24.3 Å². The summed E-state index contributed by atoms with van der Waals surface area (Å²) in [7, 11) is 1.72. The van der Waals surface area contributed by atoms with Crippen molar-refractivity contribution in [3.05, 3.63) is 29.8 Å². The summed E-state index contributed by atoms with van der Waals surface area (Å²) in [4.78, 5) is 0. The fourth-order valence-corrected chi connectivity index (χ4v) is 3.42. The van der Waals surface area contributed by atoms with Gasteiger partial charge in [-0.3, -0.25) is 0 Å². The van der Waals surface area contributed by atoms with Crippen molar-refractivity contribution in [2.45, 2.75) is 52.0 Å². The number of benzene rings is 1. The highest BCUT2D eigenvalue weighted by molar-refractivity contribution is 5.30. The van der Waals surface area contributed by atoms with E-state index in [9.17, 15) is 0 Å². The molecule has 2 heteroatoms. The van der Waals surface area contributed by atoms with Crippen molar-refractivity contribution in [3.63, 3.8) is 0 Å². The maximum atomic E-state index is 5.26. The number of methoxy groups -OCH3 is 1. The zero-order valence-electron chi connectivity index (χ0n) is 12.5. The van der Waals surface area contributed by atoms with Crippen LogP contribution in [0.1, 0.15) is 57.6 Å². The first kappa shape index (κ1) is 14.4. The molecule has 1 fully saturated rings. The molecule has 1 N–H and O–H groups in total. The first-order valence-electron chi connectivity index (χ1n) is 7.57. The van der Waals surface area contributed by atoms with Gasteiger partial charge in [0.2, 0.25) is 0 Å². The molecule has 2 nitrogen and oxygen atoms in total. The Hall–Kier alpha value is -1.02. The first-order valence-corrected chi connectivity index (χ1v) is 7.57. The van der Waals surface area contributed by atoms with Gasteiger partial charge in [0, 0.05) is 6.04 Å². The normalized spacial score (nSPS) is 19.9. The minimum absolute atomic E-state index is 0.392. The maximum Gasteiger partial charge on any atom is 0.118 e. The maximum absolute atomic E-state index is 5.26. The Bertz CT molecular complexity index is 379. The lowest BCUT2D eigenvalue weighted by Gasteiger charge is -2.41. The fourth-order valence-electron chi connectivity index (χ4n) is 3.42. The third-order valence-electron chi connectivity index (χ3n) is 4.55. The van der Waals surface area contributed by atoms with E-state index in [1.54, 1.807) is 7.11 Å². The SMILES string of the molecule is CCNC(c1ccc(OC)cc1)C1(C)CCCCC1. The van der Waals surface area contributed by atoms with E-state index in [1.807, 2.05) is 0 Å². The molecule has 106 valence electrons. The van der Waals surface area contributed by atoms with Crippen molar-refractivity contribution >= 4 is 0 Å². The van der Waals surface area contributed by atoms with Gasteiger partial charge in [0.25, 0.3) is 0 Å². The van der Waals surface area contributed by atoms with Crippen molar-refractivity contribution in [2.24, 2.45) is 5.41 Å². The van der Waals surface area contributed by atoms with Crippen molar-refractivity contribution in [3.8, 4) is 5.75 Å². The van der Waals surface area contributed by atoms with Gasteiger partial charge in [-0.25, -0.2) is 0 Å². The molecule has 1 saturated carbocycles. The third-order valence-corrected chi connectivity index (χ3v) is 4.55. The van der Waals surface area contributed by atoms with Crippen molar-refractivity contribution in [1.29, 1.82) is 0 Å². The molecule has 0 radical (unpaired) electrons. The molecular formula is C17H27NO. The Kier molecular flexibility index (Phi) is 4.87. The van der Waals surface area contributed by atoms with Gasteiger partial charge in [-0.05, 0) is 42.5 Å². The van der Waals surface area contributed by atoms with E-state index < -0.39 is 0 Å². The van der Waals surface area contributed by atoms with Gasteiger partial charge < -0.3 is 10.1 Å². The minimum Gasteiger partial charge on any atom is -0.497 e. The summed E-state index contributed by atoms with van der Waals surface area (Å²) in [6.07, 6.45) is 6.80. The molecule has 1 aromatic carbocycles. The van der Waals surface area contributed by atoms with E-state index in [4.69, 9.17) is 4.74 Å². The minimum atomic E-state index is 0.392. The molecule has 1 atom stereocenters.